The van der Waals surface area contributed by atoms with Crippen LogP contribution in [0.25, 0.3) is 16.9 Å². The van der Waals surface area contributed by atoms with Gasteiger partial charge < -0.3 is 10.0 Å². The quantitative estimate of drug-likeness (QED) is 0.505. The molecule has 0 bridgehead atoms. The van der Waals surface area contributed by atoms with Crippen molar-refractivity contribution in [1.82, 2.24) is 24.3 Å². The Morgan fingerprint density at radius 1 is 1.00 bits per heavy atom. The number of carbonyl (C=O) groups is 1. The van der Waals surface area contributed by atoms with Gasteiger partial charge in [0.15, 0.2) is 5.69 Å². The summed E-state index contributed by atoms with van der Waals surface area (Å²) >= 11 is 0. The van der Waals surface area contributed by atoms with Gasteiger partial charge in [0.1, 0.15) is 12.2 Å². The molecule has 1 aliphatic carbocycles. The number of hydrogen-bond donors (Lipinski definition) is 1. The molecule has 4 aromatic rings. The van der Waals surface area contributed by atoms with Crippen LogP contribution in [0, 0.1) is 5.92 Å². The molecule has 1 amide bonds. The summed E-state index contributed by atoms with van der Waals surface area (Å²) in [5.41, 5.74) is 2.01. The standard InChI is InChI=1S/C27H27N5O2/c33-26(24-23-12-6-7-14-31(23)25(30-24)19-16-28-18-29-17-19)32-15-13-27(34,20-8-2-1-3-9-20)21-10-4-5-11-22(21)32/h1-3,6-9,12,14,16-18,21-22,34H,4-5,10-11,13,15H2/t21-,22+,27-/m0/s1. The van der Waals surface area contributed by atoms with Crippen LogP contribution < -0.4 is 0 Å². The lowest BCUT2D eigenvalue weighted by Gasteiger charge is -2.52. The zero-order chi connectivity index (χ0) is 23.1. The molecule has 1 saturated carbocycles. The van der Waals surface area contributed by atoms with Crippen molar-refractivity contribution in [2.45, 2.75) is 43.7 Å². The molecule has 1 aromatic carbocycles. The van der Waals surface area contributed by atoms with E-state index >= 15 is 0 Å². The number of aliphatic hydroxyl groups is 1. The number of nitrogens with zero attached hydrogens (tertiary/aromatic N) is 5. The number of amides is 1. The van der Waals surface area contributed by atoms with Gasteiger partial charge >= 0.3 is 0 Å². The Balaban J connectivity index is 1.39. The maximum atomic E-state index is 14.0. The molecule has 0 radical (unpaired) electrons. The summed E-state index contributed by atoms with van der Waals surface area (Å²) in [7, 11) is 0. The molecule has 2 fully saturated rings. The van der Waals surface area contributed by atoms with Crippen molar-refractivity contribution in [2.75, 3.05) is 6.54 Å². The Hall–Kier alpha value is -3.58. The van der Waals surface area contributed by atoms with Gasteiger partial charge in [-0.25, -0.2) is 15.0 Å². The number of hydrogen-bond acceptors (Lipinski definition) is 5. The van der Waals surface area contributed by atoms with Crippen LogP contribution in [-0.4, -0.2) is 47.9 Å². The fraction of sp³-hybridized carbons (Fsp3) is 0.333. The Kier molecular flexibility index (Phi) is 5.14. The second-order valence-corrected chi connectivity index (χ2v) is 9.36. The minimum Gasteiger partial charge on any atom is -0.385 e. The molecule has 2 aliphatic rings. The van der Waals surface area contributed by atoms with Gasteiger partial charge in [-0.15, -0.1) is 0 Å². The SMILES string of the molecule is O=C(c1nc(-c2cncnc2)n2ccccc12)N1CC[C@](O)(c2ccccc2)[C@H]2CCCC[C@H]21. The molecule has 3 atom stereocenters. The lowest BCUT2D eigenvalue weighted by Crippen LogP contribution is -2.59. The molecule has 6 rings (SSSR count). The van der Waals surface area contributed by atoms with Crippen LogP contribution in [0.15, 0.2) is 73.4 Å². The van der Waals surface area contributed by atoms with Crippen molar-refractivity contribution >= 4 is 11.4 Å². The summed E-state index contributed by atoms with van der Waals surface area (Å²) in [4.78, 5) is 29.0. The lowest BCUT2D eigenvalue weighted by atomic mass is 9.66. The molecule has 1 aliphatic heterocycles. The normalized spacial score (nSPS) is 24.7. The molecule has 34 heavy (non-hydrogen) atoms. The van der Waals surface area contributed by atoms with Crippen LogP contribution in [-0.2, 0) is 5.60 Å². The van der Waals surface area contributed by atoms with E-state index in [9.17, 15) is 9.90 Å². The molecule has 0 unspecified atom stereocenters. The molecule has 4 heterocycles. The summed E-state index contributed by atoms with van der Waals surface area (Å²) in [6, 6.07) is 15.7. The molecular formula is C27H27N5O2. The second kappa shape index (κ2) is 8.33. The van der Waals surface area contributed by atoms with Crippen molar-refractivity contribution < 1.29 is 9.90 Å². The van der Waals surface area contributed by atoms with E-state index in [0.717, 1.165) is 42.3 Å². The highest BCUT2D eigenvalue weighted by atomic mass is 16.3. The third-order valence-electron chi connectivity index (χ3n) is 7.58. The summed E-state index contributed by atoms with van der Waals surface area (Å²) < 4.78 is 1.93. The van der Waals surface area contributed by atoms with E-state index in [2.05, 4.69) is 9.97 Å². The van der Waals surface area contributed by atoms with Crippen LogP contribution >= 0.6 is 0 Å². The smallest absolute Gasteiger partial charge is 0.274 e. The first-order chi connectivity index (χ1) is 16.7. The average molecular weight is 454 g/mol. The number of likely N-dealkylation sites (tertiary alicyclic amines) is 1. The summed E-state index contributed by atoms with van der Waals surface area (Å²) in [5.74, 6) is 0.591. The molecule has 3 aromatic heterocycles. The van der Waals surface area contributed by atoms with Crippen molar-refractivity contribution in [3.8, 4) is 11.4 Å². The fourth-order valence-corrected chi connectivity index (χ4v) is 5.97. The molecule has 7 nitrogen and oxygen atoms in total. The number of imidazole rings is 1. The molecule has 0 spiro atoms. The number of fused-ring (bicyclic) bond motifs is 2. The van der Waals surface area contributed by atoms with E-state index in [1.165, 1.54) is 6.33 Å². The fourth-order valence-electron chi connectivity index (χ4n) is 5.97. The van der Waals surface area contributed by atoms with Gasteiger partial charge in [0.25, 0.3) is 5.91 Å². The first-order valence-electron chi connectivity index (χ1n) is 12.0. The van der Waals surface area contributed by atoms with Gasteiger partial charge in [0, 0.05) is 37.1 Å². The molecule has 1 saturated heterocycles. The molecule has 7 heteroatoms. The van der Waals surface area contributed by atoms with E-state index in [1.807, 2.05) is 64.0 Å². The maximum Gasteiger partial charge on any atom is 0.274 e. The monoisotopic (exact) mass is 453 g/mol. The zero-order valence-corrected chi connectivity index (χ0v) is 18.9. The van der Waals surface area contributed by atoms with Crippen molar-refractivity contribution in [1.29, 1.82) is 0 Å². The number of carbonyl (C=O) groups excluding carboxylic acids is 1. The largest absolute Gasteiger partial charge is 0.385 e. The van der Waals surface area contributed by atoms with E-state index in [0.29, 0.717) is 24.5 Å². The van der Waals surface area contributed by atoms with Crippen molar-refractivity contribution in [3.63, 3.8) is 0 Å². The number of pyridine rings is 1. The molecule has 1 N–H and O–H groups in total. The minimum absolute atomic E-state index is 0.0100. The molecular weight excluding hydrogens is 426 g/mol. The van der Waals surface area contributed by atoms with Gasteiger partial charge in [-0.2, -0.15) is 0 Å². The minimum atomic E-state index is -0.911. The van der Waals surface area contributed by atoms with Gasteiger partial charge in [0.2, 0.25) is 0 Å². The van der Waals surface area contributed by atoms with Gasteiger partial charge in [0.05, 0.1) is 16.7 Å². The van der Waals surface area contributed by atoms with Crippen LogP contribution in [0.2, 0.25) is 0 Å². The highest BCUT2D eigenvalue weighted by molar-refractivity contribution is 6.00. The Morgan fingerprint density at radius 3 is 2.59 bits per heavy atom. The van der Waals surface area contributed by atoms with Crippen LogP contribution in [0.1, 0.15) is 48.2 Å². The second-order valence-electron chi connectivity index (χ2n) is 9.36. The number of rotatable bonds is 3. The molecule has 172 valence electrons. The Bertz CT molecular complexity index is 1320. The third kappa shape index (κ3) is 3.30. The Morgan fingerprint density at radius 2 is 1.76 bits per heavy atom. The number of benzene rings is 1. The summed E-state index contributed by atoms with van der Waals surface area (Å²) in [6.07, 6.45) is 11.3. The highest BCUT2D eigenvalue weighted by Gasteiger charge is 2.50. The predicted octanol–water partition coefficient (Wildman–Crippen LogP) is 4.08. The summed E-state index contributed by atoms with van der Waals surface area (Å²) in [5, 5.41) is 11.9. The number of piperidine rings is 1. The predicted molar refractivity (Wildman–Crippen MR) is 128 cm³/mol. The lowest BCUT2D eigenvalue weighted by molar-refractivity contribution is -0.110. The van der Waals surface area contributed by atoms with E-state index in [-0.39, 0.29) is 17.9 Å². The summed E-state index contributed by atoms with van der Waals surface area (Å²) in [6.45, 7) is 0.501. The van der Waals surface area contributed by atoms with Crippen molar-refractivity contribution in [3.05, 3.63) is 84.7 Å². The Labute approximate surface area is 198 Å². The van der Waals surface area contributed by atoms with E-state index in [4.69, 9.17) is 4.98 Å². The third-order valence-corrected chi connectivity index (χ3v) is 7.58. The highest BCUT2D eigenvalue weighted by Crippen LogP contribution is 2.47. The van der Waals surface area contributed by atoms with E-state index < -0.39 is 5.60 Å². The van der Waals surface area contributed by atoms with Crippen LogP contribution in [0.5, 0.6) is 0 Å². The first kappa shape index (κ1) is 21.0. The maximum absolute atomic E-state index is 14.0. The van der Waals surface area contributed by atoms with Crippen LogP contribution in [0.3, 0.4) is 0 Å². The van der Waals surface area contributed by atoms with Gasteiger partial charge in [-0.05, 0) is 37.0 Å². The average Bonchev–Trinajstić information content (AvgIpc) is 3.30. The first-order valence-corrected chi connectivity index (χ1v) is 12.0. The van der Waals surface area contributed by atoms with Gasteiger partial charge in [-0.3, -0.25) is 9.20 Å². The zero-order valence-electron chi connectivity index (χ0n) is 18.9. The van der Waals surface area contributed by atoms with Gasteiger partial charge in [-0.1, -0.05) is 49.2 Å². The number of aromatic nitrogens is 4. The van der Waals surface area contributed by atoms with E-state index in [1.54, 1.807) is 12.4 Å². The van der Waals surface area contributed by atoms with Crippen molar-refractivity contribution in [2.24, 2.45) is 5.92 Å². The van der Waals surface area contributed by atoms with Crippen LogP contribution in [0.4, 0.5) is 0 Å². The topological polar surface area (TPSA) is 83.6 Å².